The van der Waals surface area contributed by atoms with E-state index < -0.39 is 0 Å². The molecule has 0 amide bonds. The summed E-state index contributed by atoms with van der Waals surface area (Å²) in [5.74, 6) is -0.140. The molecule has 1 aromatic rings. The monoisotopic (exact) mass is 237 g/mol. The van der Waals surface area contributed by atoms with Gasteiger partial charge >= 0.3 is 0 Å². The molecule has 0 aromatic heterocycles. The number of halogens is 1. The van der Waals surface area contributed by atoms with Crippen LogP contribution in [0.2, 0.25) is 0 Å². The first-order valence-corrected chi connectivity index (χ1v) is 6.36. The molecule has 1 aliphatic rings. The van der Waals surface area contributed by atoms with Crippen LogP contribution in [0.3, 0.4) is 0 Å². The molecule has 2 nitrogen and oxygen atoms in total. The molecule has 2 N–H and O–H groups in total. The Labute approximate surface area is 102 Å². The summed E-state index contributed by atoms with van der Waals surface area (Å²) in [5.41, 5.74) is 2.38. The van der Waals surface area contributed by atoms with Crippen LogP contribution in [0.25, 0.3) is 0 Å². The van der Waals surface area contributed by atoms with E-state index in [0.717, 1.165) is 37.8 Å². The van der Waals surface area contributed by atoms with Gasteiger partial charge in [0.15, 0.2) is 0 Å². The molecule has 94 valence electrons. The average Bonchev–Trinajstić information content (AvgIpc) is 2.66. The maximum Gasteiger partial charge on any atom is 0.123 e. The zero-order valence-corrected chi connectivity index (χ0v) is 10.2. The number of hydrogen-bond donors (Lipinski definition) is 2. The minimum Gasteiger partial charge on any atom is -0.393 e. The minimum absolute atomic E-state index is 0.140. The van der Waals surface area contributed by atoms with Crippen LogP contribution in [0.15, 0.2) is 18.2 Å². The molecule has 3 heteroatoms. The Hall–Kier alpha value is -0.930. The summed E-state index contributed by atoms with van der Waals surface area (Å²) in [6.07, 6.45) is 3.59. The smallest absolute Gasteiger partial charge is 0.123 e. The Balaban J connectivity index is 1.85. The van der Waals surface area contributed by atoms with Gasteiger partial charge in [-0.1, -0.05) is 6.07 Å². The molecule has 2 unspecified atom stereocenters. The summed E-state index contributed by atoms with van der Waals surface area (Å²) in [7, 11) is 0. The molecule has 0 heterocycles. The van der Waals surface area contributed by atoms with E-state index in [4.69, 9.17) is 5.11 Å². The molecule has 0 bridgehead atoms. The maximum atomic E-state index is 13.0. The largest absolute Gasteiger partial charge is 0.393 e. The van der Waals surface area contributed by atoms with Gasteiger partial charge in [-0.3, -0.25) is 0 Å². The summed E-state index contributed by atoms with van der Waals surface area (Å²) in [6, 6.07) is 5.44. The highest BCUT2D eigenvalue weighted by Crippen LogP contribution is 2.31. The van der Waals surface area contributed by atoms with Crippen LogP contribution in [-0.2, 0) is 6.42 Å². The molecule has 1 aliphatic carbocycles. The van der Waals surface area contributed by atoms with Crippen molar-refractivity contribution >= 4 is 0 Å². The zero-order chi connectivity index (χ0) is 12.3. The number of nitrogens with one attached hydrogen (secondary N) is 1. The molecule has 0 fully saturated rings. The number of fused-ring (bicyclic) bond motifs is 1. The van der Waals surface area contributed by atoms with Crippen LogP contribution in [0.4, 0.5) is 4.39 Å². The first-order valence-electron chi connectivity index (χ1n) is 6.36. The summed E-state index contributed by atoms with van der Waals surface area (Å²) in [4.78, 5) is 0. The Morgan fingerprint density at radius 3 is 3.12 bits per heavy atom. The van der Waals surface area contributed by atoms with Crippen molar-refractivity contribution in [1.82, 2.24) is 5.32 Å². The van der Waals surface area contributed by atoms with E-state index in [1.54, 1.807) is 6.07 Å². The molecule has 17 heavy (non-hydrogen) atoms. The Kier molecular flexibility index (Phi) is 4.13. The third kappa shape index (κ3) is 3.27. The van der Waals surface area contributed by atoms with Crippen molar-refractivity contribution < 1.29 is 9.50 Å². The number of aryl methyl sites for hydroxylation is 1. The lowest BCUT2D eigenvalue weighted by Crippen LogP contribution is -2.21. The summed E-state index contributed by atoms with van der Waals surface area (Å²) >= 11 is 0. The Bertz CT molecular complexity index is 378. The number of rotatable bonds is 5. The molecule has 0 radical (unpaired) electrons. The van der Waals surface area contributed by atoms with E-state index in [0.29, 0.717) is 6.04 Å². The van der Waals surface area contributed by atoms with Gasteiger partial charge in [-0.15, -0.1) is 0 Å². The van der Waals surface area contributed by atoms with Gasteiger partial charge in [-0.05, 0) is 62.4 Å². The van der Waals surface area contributed by atoms with Gasteiger partial charge in [0, 0.05) is 6.04 Å². The molecule has 2 atom stereocenters. The van der Waals surface area contributed by atoms with Crippen molar-refractivity contribution in [3.63, 3.8) is 0 Å². The van der Waals surface area contributed by atoms with Crippen molar-refractivity contribution in [2.24, 2.45) is 0 Å². The zero-order valence-electron chi connectivity index (χ0n) is 10.2. The van der Waals surface area contributed by atoms with Gasteiger partial charge in [0.2, 0.25) is 0 Å². The van der Waals surface area contributed by atoms with Gasteiger partial charge in [0.05, 0.1) is 6.10 Å². The summed E-state index contributed by atoms with van der Waals surface area (Å²) in [6.45, 7) is 2.72. The number of aliphatic hydroxyl groups is 1. The van der Waals surface area contributed by atoms with E-state index in [-0.39, 0.29) is 11.9 Å². The summed E-state index contributed by atoms with van der Waals surface area (Å²) in [5, 5.41) is 12.6. The standard InChI is InChI=1S/C14H20FNO/c1-10(17)3-2-8-16-14-7-4-11-9-12(15)5-6-13(11)14/h5-6,9-10,14,16-17H,2-4,7-8H2,1H3. The van der Waals surface area contributed by atoms with Crippen molar-refractivity contribution in [2.75, 3.05) is 6.54 Å². The van der Waals surface area contributed by atoms with Gasteiger partial charge in [-0.2, -0.15) is 0 Å². The van der Waals surface area contributed by atoms with Gasteiger partial charge in [0.25, 0.3) is 0 Å². The van der Waals surface area contributed by atoms with Crippen LogP contribution in [0, 0.1) is 5.82 Å². The van der Waals surface area contributed by atoms with Crippen LogP contribution in [-0.4, -0.2) is 17.8 Å². The molecule has 1 aromatic carbocycles. The fourth-order valence-electron chi connectivity index (χ4n) is 2.47. The van der Waals surface area contributed by atoms with Crippen molar-refractivity contribution in [3.05, 3.63) is 35.1 Å². The van der Waals surface area contributed by atoms with Gasteiger partial charge in [0.1, 0.15) is 5.82 Å². The van der Waals surface area contributed by atoms with E-state index >= 15 is 0 Å². The number of benzene rings is 1. The predicted octanol–water partition coefficient (Wildman–Crippen LogP) is 2.56. The fourth-order valence-corrected chi connectivity index (χ4v) is 2.47. The fraction of sp³-hybridized carbons (Fsp3) is 0.571. The third-order valence-electron chi connectivity index (χ3n) is 3.37. The second-order valence-electron chi connectivity index (χ2n) is 4.88. The number of hydrogen-bond acceptors (Lipinski definition) is 2. The summed E-state index contributed by atoms with van der Waals surface area (Å²) < 4.78 is 13.0. The second-order valence-corrected chi connectivity index (χ2v) is 4.88. The first kappa shape index (κ1) is 12.5. The van der Waals surface area contributed by atoms with E-state index in [1.165, 1.54) is 11.6 Å². The average molecular weight is 237 g/mol. The molecular formula is C14H20FNO. The van der Waals surface area contributed by atoms with Gasteiger partial charge in [-0.25, -0.2) is 4.39 Å². The van der Waals surface area contributed by atoms with Crippen LogP contribution < -0.4 is 5.32 Å². The van der Waals surface area contributed by atoms with Crippen LogP contribution >= 0.6 is 0 Å². The Morgan fingerprint density at radius 2 is 2.35 bits per heavy atom. The van der Waals surface area contributed by atoms with E-state index in [9.17, 15) is 4.39 Å². The molecule has 0 spiro atoms. The highest BCUT2D eigenvalue weighted by Gasteiger charge is 2.21. The quantitative estimate of drug-likeness (QED) is 0.771. The lowest BCUT2D eigenvalue weighted by molar-refractivity contribution is 0.181. The molecular weight excluding hydrogens is 217 g/mol. The van der Waals surface area contributed by atoms with Crippen molar-refractivity contribution in [2.45, 2.75) is 44.8 Å². The lowest BCUT2D eigenvalue weighted by atomic mass is 10.1. The second kappa shape index (κ2) is 5.61. The highest BCUT2D eigenvalue weighted by molar-refractivity contribution is 5.34. The van der Waals surface area contributed by atoms with Crippen LogP contribution in [0.5, 0.6) is 0 Å². The topological polar surface area (TPSA) is 32.3 Å². The predicted molar refractivity (Wildman–Crippen MR) is 66.4 cm³/mol. The van der Waals surface area contributed by atoms with Gasteiger partial charge < -0.3 is 10.4 Å². The molecule has 0 saturated heterocycles. The highest BCUT2D eigenvalue weighted by atomic mass is 19.1. The van der Waals surface area contributed by atoms with E-state index in [2.05, 4.69) is 5.32 Å². The molecule has 0 saturated carbocycles. The third-order valence-corrected chi connectivity index (χ3v) is 3.37. The maximum absolute atomic E-state index is 13.0. The van der Waals surface area contributed by atoms with E-state index in [1.807, 2.05) is 13.0 Å². The lowest BCUT2D eigenvalue weighted by Gasteiger charge is -2.14. The SMILES string of the molecule is CC(O)CCCNC1CCc2cc(F)ccc21. The van der Waals surface area contributed by atoms with Crippen LogP contribution in [0.1, 0.15) is 43.4 Å². The number of aliphatic hydroxyl groups excluding tert-OH is 1. The van der Waals surface area contributed by atoms with Crippen molar-refractivity contribution in [3.8, 4) is 0 Å². The Morgan fingerprint density at radius 1 is 1.53 bits per heavy atom. The molecule has 0 aliphatic heterocycles. The molecule has 2 rings (SSSR count). The first-order chi connectivity index (χ1) is 8.16. The minimum atomic E-state index is -0.221. The van der Waals surface area contributed by atoms with Crippen molar-refractivity contribution in [1.29, 1.82) is 0 Å². The normalized spacial score (nSPS) is 20.3.